The maximum atomic E-state index is 12.1. The number of rotatable bonds is 5. The van der Waals surface area contributed by atoms with Crippen LogP contribution in [0.15, 0.2) is 53.7 Å². The molecule has 0 bridgehead atoms. The Kier molecular flexibility index (Phi) is 5.94. The minimum Gasteiger partial charge on any atom is -0.497 e. The standard InChI is InChI=1S/C21H24N4O4S/c1-29-14-7-5-12(6-8-14)24-21-25(11-13-4-2-3-9-23-13)17-18(27)16(26)10-15(20(22)28)19(17)30-21/h2-9,15-19,26-27H,10-11H2,1H3,(H2,22,28)/t15-,16+,17-,18-,19+/m0/s1. The van der Waals surface area contributed by atoms with Gasteiger partial charge >= 0.3 is 0 Å². The van der Waals surface area contributed by atoms with Gasteiger partial charge in [-0.1, -0.05) is 17.8 Å². The highest BCUT2D eigenvalue weighted by Gasteiger charge is 2.54. The number of aromatic nitrogens is 1. The van der Waals surface area contributed by atoms with Crippen molar-refractivity contribution in [3.05, 3.63) is 54.4 Å². The number of hydrogen-bond acceptors (Lipinski definition) is 7. The highest BCUT2D eigenvalue weighted by atomic mass is 32.2. The number of hydrogen-bond donors (Lipinski definition) is 3. The average molecular weight is 429 g/mol. The third-order valence-corrected chi connectivity index (χ3v) is 6.96. The molecule has 2 aromatic rings. The van der Waals surface area contributed by atoms with Crippen molar-refractivity contribution in [1.82, 2.24) is 9.88 Å². The molecule has 1 saturated carbocycles. The normalized spacial score (nSPS) is 29.6. The number of pyridine rings is 1. The molecule has 0 unspecified atom stereocenters. The molecule has 30 heavy (non-hydrogen) atoms. The Morgan fingerprint density at radius 3 is 2.70 bits per heavy atom. The number of amides is 1. The number of amidine groups is 1. The maximum Gasteiger partial charge on any atom is 0.221 e. The van der Waals surface area contributed by atoms with Gasteiger partial charge in [0.05, 0.1) is 43.1 Å². The van der Waals surface area contributed by atoms with Crippen LogP contribution in [0.1, 0.15) is 12.1 Å². The summed E-state index contributed by atoms with van der Waals surface area (Å²) in [6.45, 7) is 0.388. The predicted molar refractivity (Wildman–Crippen MR) is 114 cm³/mol. The SMILES string of the molecule is COc1ccc(N=C2S[C@H]3[C@H]([C@@H](O)[C@H](O)C[C@@H]3C(N)=O)N2Cc2ccccn2)cc1. The molecule has 0 spiro atoms. The molecule has 4 N–H and O–H groups in total. The zero-order valence-corrected chi connectivity index (χ0v) is 17.3. The van der Waals surface area contributed by atoms with E-state index < -0.39 is 30.1 Å². The van der Waals surface area contributed by atoms with Gasteiger partial charge in [0.15, 0.2) is 5.17 Å². The first-order valence-corrected chi connectivity index (χ1v) is 10.6. The van der Waals surface area contributed by atoms with Gasteiger partial charge in [-0.15, -0.1) is 0 Å². The molecule has 158 valence electrons. The van der Waals surface area contributed by atoms with Crippen molar-refractivity contribution in [3.8, 4) is 5.75 Å². The fourth-order valence-corrected chi connectivity index (χ4v) is 5.58. The van der Waals surface area contributed by atoms with E-state index in [-0.39, 0.29) is 11.7 Å². The highest BCUT2D eigenvalue weighted by Crippen LogP contribution is 2.45. The Morgan fingerprint density at radius 2 is 2.07 bits per heavy atom. The Labute approximate surface area is 178 Å². The van der Waals surface area contributed by atoms with Crippen LogP contribution < -0.4 is 10.5 Å². The fourth-order valence-electron chi connectivity index (χ4n) is 4.00. The Bertz CT molecular complexity index is 924. The number of primary amides is 1. The van der Waals surface area contributed by atoms with Crippen molar-refractivity contribution < 1.29 is 19.7 Å². The van der Waals surface area contributed by atoms with E-state index >= 15 is 0 Å². The third-order valence-electron chi connectivity index (χ3n) is 5.54. The van der Waals surface area contributed by atoms with E-state index in [4.69, 9.17) is 15.5 Å². The highest BCUT2D eigenvalue weighted by molar-refractivity contribution is 8.14. The molecule has 1 aliphatic carbocycles. The summed E-state index contributed by atoms with van der Waals surface area (Å²) in [5.41, 5.74) is 7.14. The van der Waals surface area contributed by atoms with Crippen molar-refractivity contribution in [2.75, 3.05) is 7.11 Å². The first-order chi connectivity index (χ1) is 14.5. The van der Waals surface area contributed by atoms with E-state index in [1.807, 2.05) is 47.4 Å². The average Bonchev–Trinajstić information content (AvgIpc) is 3.09. The minimum atomic E-state index is -1.03. The molecule has 0 radical (unpaired) electrons. The third kappa shape index (κ3) is 4.00. The van der Waals surface area contributed by atoms with Gasteiger partial charge in [-0.25, -0.2) is 4.99 Å². The van der Waals surface area contributed by atoms with Crippen LogP contribution >= 0.6 is 11.8 Å². The molecule has 9 heteroatoms. The lowest BCUT2D eigenvalue weighted by atomic mass is 9.80. The molecule has 5 atom stereocenters. The van der Waals surface area contributed by atoms with Crippen molar-refractivity contribution in [2.45, 2.75) is 36.5 Å². The molecule has 2 aliphatic rings. The summed E-state index contributed by atoms with van der Waals surface area (Å²) in [6.07, 6.45) is -0.214. The zero-order chi connectivity index (χ0) is 21.3. The van der Waals surface area contributed by atoms with Crippen LogP contribution in [-0.4, -0.2) is 61.8 Å². The number of methoxy groups -OCH3 is 1. The van der Waals surface area contributed by atoms with Gasteiger partial charge in [0, 0.05) is 11.4 Å². The Balaban J connectivity index is 1.72. The van der Waals surface area contributed by atoms with Gasteiger partial charge in [0.2, 0.25) is 5.91 Å². The van der Waals surface area contributed by atoms with E-state index in [1.165, 1.54) is 11.8 Å². The van der Waals surface area contributed by atoms with E-state index in [0.717, 1.165) is 11.4 Å². The van der Waals surface area contributed by atoms with E-state index in [1.54, 1.807) is 13.3 Å². The second-order valence-corrected chi connectivity index (χ2v) is 8.56. The number of carbonyl (C=O) groups is 1. The summed E-state index contributed by atoms with van der Waals surface area (Å²) < 4.78 is 5.20. The summed E-state index contributed by atoms with van der Waals surface area (Å²) in [5, 5.41) is 21.5. The summed E-state index contributed by atoms with van der Waals surface area (Å²) in [6, 6.07) is 12.4. The molecule has 1 aliphatic heterocycles. The number of carbonyl (C=O) groups excluding carboxylic acids is 1. The maximum absolute atomic E-state index is 12.1. The molecule has 8 nitrogen and oxygen atoms in total. The number of thioether (sulfide) groups is 1. The summed E-state index contributed by atoms with van der Waals surface area (Å²) in [4.78, 5) is 23.2. The Hall–Kier alpha value is -2.62. The summed E-state index contributed by atoms with van der Waals surface area (Å²) in [5.74, 6) is -0.315. The van der Waals surface area contributed by atoms with Crippen LogP contribution in [0.3, 0.4) is 0 Å². The largest absolute Gasteiger partial charge is 0.497 e. The lowest BCUT2D eigenvalue weighted by Crippen LogP contribution is -2.58. The number of nitrogens with zero attached hydrogens (tertiary/aromatic N) is 3. The predicted octanol–water partition coefficient (Wildman–Crippen LogP) is 1.29. The first-order valence-electron chi connectivity index (χ1n) is 9.69. The monoisotopic (exact) mass is 428 g/mol. The van der Waals surface area contributed by atoms with E-state index in [9.17, 15) is 15.0 Å². The Morgan fingerprint density at radius 1 is 1.30 bits per heavy atom. The number of ether oxygens (including phenoxy) is 1. The van der Waals surface area contributed by atoms with Crippen LogP contribution in [0, 0.1) is 5.92 Å². The number of fused-ring (bicyclic) bond motifs is 1. The zero-order valence-electron chi connectivity index (χ0n) is 16.5. The van der Waals surface area contributed by atoms with Crippen molar-refractivity contribution in [1.29, 1.82) is 0 Å². The molecular formula is C21H24N4O4S. The number of aliphatic imine (C=N–C) groups is 1. The molecule has 1 saturated heterocycles. The molecular weight excluding hydrogens is 404 g/mol. The van der Waals surface area contributed by atoms with Crippen molar-refractivity contribution in [2.24, 2.45) is 16.6 Å². The van der Waals surface area contributed by atoms with Crippen LogP contribution in [-0.2, 0) is 11.3 Å². The van der Waals surface area contributed by atoms with Gasteiger partial charge in [0.25, 0.3) is 0 Å². The second-order valence-electron chi connectivity index (χ2n) is 7.42. The van der Waals surface area contributed by atoms with E-state index in [2.05, 4.69) is 4.98 Å². The fraction of sp³-hybridized carbons (Fsp3) is 0.381. The lowest BCUT2D eigenvalue weighted by Gasteiger charge is -2.41. The number of aliphatic hydroxyl groups excluding tert-OH is 2. The van der Waals surface area contributed by atoms with Gasteiger partial charge < -0.3 is 25.6 Å². The van der Waals surface area contributed by atoms with Crippen molar-refractivity contribution in [3.63, 3.8) is 0 Å². The van der Waals surface area contributed by atoms with Gasteiger partial charge in [-0.3, -0.25) is 9.78 Å². The molecule has 1 amide bonds. The van der Waals surface area contributed by atoms with Crippen LogP contribution in [0.4, 0.5) is 5.69 Å². The second kappa shape index (κ2) is 8.63. The molecule has 2 fully saturated rings. The molecule has 1 aromatic carbocycles. The molecule has 2 heterocycles. The van der Waals surface area contributed by atoms with E-state index in [0.29, 0.717) is 17.4 Å². The van der Waals surface area contributed by atoms with Gasteiger partial charge in [-0.05, 0) is 42.8 Å². The van der Waals surface area contributed by atoms with Crippen LogP contribution in [0.5, 0.6) is 5.75 Å². The minimum absolute atomic E-state index is 0.137. The number of aliphatic hydroxyl groups is 2. The quantitative estimate of drug-likeness (QED) is 0.656. The van der Waals surface area contributed by atoms with Crippen LogP contribution in [0.25, 0.3) is 0 Å². The first kappa shape index (κ1) is 20.6. The summed E-state index contributed by atoms with van der Waals surface area (Å²) >= 11 is 1.41. The molecule has 4 rings (SSSR count). The van der Waals surface area contributed by atoms with Crippen molar-refractivity contribution >= 4 is 28.5 Å². The van der Waals surface area contributed by atoms with Gasteiger partial charge in [-0.2, -0.15) is 0 Å². The van der Waals surface area contributed by atoms with Gasteiger partial charge in [0.1, 0.15) is 11.9 Å². The summed E-state index contributed by atoms with van der Waals surface area (Å²) in [7, 11) is 1.60. The number of nitrogens with two attached hydrogens (primary N) is 1. The topological polar surface area (TPSA) is 121 Å². The smallest absolute Gasteiger partial charge is 0.221 e. The van der Waals surface area contributed by atoms with Crippen LogP contribution in [0.2, 0.25) is 0 Å². The lowest BCUT2D eigenvalue weighted by molar-refractivity contribution is -0.128. The number of benzene rings is 1. The molecule has 1 aromatic heterocycles.